The van der Waals surface area contributed by atoms with Crippen LogP contribution in [0, 0.1) is 0 Å². The smallest absolute Gasteiger partial charge is 0.158 e. The SMILES string of the molecule is O=CC1=C(Br)N=C[SH]1Br. The van der Waals surface area contributed by atoms with Crippen molar-refractivity contribution in [1.82, 2.24) is 0 Å². The first-order valence-corrected chi connectivity index (χ1v) is 6.32. The van der Waals surface area contributed by atoms with Crippen LogP contribution in [0.15, 0.2) is 14.5 Å². The number of nitrogens with zero attached hydrogens (tertiary/aromatic N) is 1. The van der Waals surface area contributed by atoms with Crippen LogP contribution < -0.4 is 0 Å². The van der Waals surface area contributed by atoms with Crippen molar-refractivity contribution < 1.29 is 4.79 Å². The van der Waals surface area contributed by atoms with E-state index in [1.54, 1.807) is 5.55 Å². The van der Waals surface area contributed by atoms with Gasteiger partial charge in [0.1, 0.15) is 4.61 Å². The molecule has 0 radical (unpaired) electrons. The molecular weight excluding hydrogens is 270 g/mol. The number of halogens is 2. The number of allylic oxidation sites excluding steroid dienone is 1. The third kappa shape index (κ3) is 1.45. The van der Waals surface area contributed by atoms with Crippen LogP contribution in [0.1, 0.15) is 0 Å². The van der Waals surface area contributed by atoms with Gasteiger partial charge in [-0.1, -0.05) is 0 Å². The normalized spacial score (nSPS) is 29.3. The van der Waals surface area contributed by atoms with Crippen LogP contribution >= 0.6 is 40.1 Å². The second-order valence-electron chi connectivity index (χ2n) is 1.35. The molecule has 9 heavy (non-hydrogen) atoms. The minimum absolute atomic E-state index is 0.582. The van der Waals surface area contributed by atoms with Crippen LogP contribution in [0.5, 0.6) is 0 Å². The Morgan fingerprint density at radius 2 is 2.44 bits per heavy atom. The lowest BCUT2D eigenvalue weighted by Crippen LogP contribution is -1.77. The lowest BCUT2D eigenvalue weighted by Gasteiger charge is -1.97. The van der Waals surface area contributed by atoms with Crippen LogP contribution in [-0.2, 0) is 4.79 Å². The van der Waals surface area contributed by atoms with Gasteiger partial charge >= 0.3 is 0 Å². The van der Waals surface area contributed by atoms with Crippen LogP contribution in [0.25, 0.3) is 0 Å². The highest BCUT2D eigenvalue weighted by Crippen LogP contribution is 2.46. The number of hydrogen-bond donors (Lipinski definition) is 1. The van der Waals surface area contributed by atoms with Crippen LogP contribution in [0.3, 0.4) is 0 Å². The van der Waals surface area contributed by atoms with E-state index in [0.717, 1.165) is 6.29 Å². The second kappa shape index (κ2) is 2.98. The van der Waals surface area contributed by atoms with Crippen molar-refractivity contribution in [3.05, 3.63) is 9.51 Å². The van der Waals surface area contributed by atoms with E-state index in [-0.39, 0.29) is 0 Å². The highest BCUT2D eigenvalue weighted by molar-refractivity contribution is 9.56. The highest BCUT2D eigenvalue weighted by Gasteiger charge is 2.13. The fourth-order valence-electron chi connectivity index (χ4n) is 0.417. The Labute approximate surface area is 71.1 Å². The van der Waals surface area contributed by atoms with Gasteiger partial charge < -0.3 is 0 Å². The summed E-state index contributed by atoms with van der Waals surface area (Å²) in [5.74, 6) is 0. The van der Waals surface area contributed by atoms with Gasteiger partial charge in [-0.25, -0.2) is 4.99 Å². The quantitative estimate of drug-likeness (QED) is 0.442. The molecule has 1 aliphatic heterocycles. The number of carbonyl (C=O) groups excluding carboxylic acids is 1. The van der Waals surface area contributed by atoms with Crippen LogP contribution in [0.4, 0.5) is 0 Å². The standard InChI is InChI=1S/C4H3Br2NOS/c5-4-3(1-8)9(6)2-7-4/h1-2,9H. The van der Waals surface area contributed by atoms with Gasteiger partial charge in [-0.2, -0.15) is 0 Å². The number of rotatable bonds is 1. The Balaban J connectivity index is 2.91. The Kier molecular flexibility index (Phi) is 2.49. The topological polar surface area (TPSA) is 29.4 Å². The van der Waals surface area contributed by atoms with Gasteiger partial charge in [0.25, 0.3) is 0 Å². The third-order valence-corrected chi connectivity index (χ3v) is 4.56. The molecule has 0 aromatic rings. The maximum atomic E-state index is 10.2. The largest absolute Gasteiger partial charge is 0.297 e. The lowest BCUT2D eigenvalue weighted by atomic mass is 10.7. The maximum absolute atomic E-state index is 10.2. The average molecular weight is 273 g/mol. The van der Waals surface area contributed by atoms with E-state index in [0.29, 0.717) is 9.51 Å². The van der Waals surface area contributed by atoms with Crippen molar-refractivity contribution in [2.45, 2.75) is 0 Å². The van der Waals surface area contributed by atoms with Crippen LogP contribution in [-0.4, -0.2) is 11.8 Å². The molecule has 1 heterocycles. The summed E-state index contributed by atoms with van der Waals surface area (Å²) in [5.41, 5.74) is 1.73. The van der Waals surface area contributed by atoms with Gasteiger partial charge in [0.15, 0.2) is 6.29 Å². The van der Waals surface area contributed by atoms with Gasteiger partial charge in [-0.05, 0) is 30.7 Å². The fourth-order valence-corrected chi connectivity index (χ4v) is 3.76. The Morgan fingerprint density at radius 3 is 2.67 bits per heavy atom. The summed E-state index contributed by atoms with van der Waals surface area (Å²) >= 11 is 6.44. The molecule has 0 amide bonds. The van der Waals surface area contributed by atoms with E-state index >= 15 is 0 Å². The number of hydrogen-bond acceptors (Lipinski definition) is 2. The first-order chi connectivity index (χ1) is 4.25. The second-order valence-corrected chi connectivity index (χ2v) is 5.73. The van der Waals surface area contributed by atoms with E-state index in [1.165, 1.54) is 0 Å². The summed E-state index contributed by atoms with van der Waals surface area (Å²) in [6.45, 7) is 0. The zero-order valence-corrected chi connectivity index (χ0v) is 8.28. The van der Waals surface area contributed by atoms with E-state index < -0.39 is 9.33 Å². The van der Waals surface area contributed by atoms with Gasteiger partial charge in [0.05, 0.1) is 10.5 Å². The predicted molar refractivity (Wildman–Crippen MR) is 48.4 cm³/mol. The molecule has 0 fully saturated rings. The van der Waals surface area contributed by atoms with Crippen molar-refractivity contribution in [1.29, 1.82) is 0 Å². The van der Waals surface area contributed by atoms with Gasteiger partial charge in [0.2, 0.25) is 0 Å². The molecule has 1 aliphatic rings. The molecule has 1 unspecified atom stereocenters. The van der Waals surface area contributed by atoms with E-state index in [9.17, 15) is 4.79 Å². The van der Waals surface area contributed by atoms with Crippen molar-refractivity contribution in [3.63, 3.8) is 0 Å². The molecule has 0 N–H and O–H groups in total. The molecule has 0 bridgehead atoms. The minimum Gasteiger partial charge on any atom is -0.297 e. The Bertz CT molecular complexity index is 201. The molecule has 2 nitrogen and oxygen atoms in total. The number of aldehydes is 1. The molecular formula is C4H3Br2NOS. The molecule has 0 aromatic carbocycles. The molecule has 0 saturated carbocycles. The van der Waals surface area contributed by atoms with Gasteiger partial charge in [0, 0.05) is 0 Å². The molecule has 1 rings (SSSR count). The minimum atomic E-state index is -0.582. The number of aliphatic imine (C=N–C) groups is 1. The van der Waals surface area contributed by atoms with Gasteiger partial charge in [-0.15, -0.1) is 9.33 Å². The monoisotopic (exact) mass is 271 g/mol. The van der Waals surface area contributed by atoms with Crippen molar-refractivity contribution in [3.8, 4) is 0 Å². The first-order valence-electron chi connectivity index (χ1n) is 2.10. The summed E-state index contributed by atoms with van der Waals surface area (Å²) in [5, 5.41) is 0. The molecule has 1 atom stereocenters. The Morgan fingerprint density at radius 1 is 1.78 bits per heavy atom. The summed E-state index contributed by atoms with van der Waals surface area (Å²) in [6.07, 6.45) is 0.817. The van der Waals surface area contributed by atoms with Gasteiger partial charge in [-0.3, -0.25) is 4.79 Å². The first kappa shape index (κ1) is 7.50. The van der Waals surface area contributed by atoms with Crippen molar-refractivity contribution >= 4 is 51.9 Å². The fraction of sp³-hybridized carbons (Fsp3) is 0. The average Bonchev–Trinajstić information content (AvgIpc) is 2.12. The van der Waals surface area contributed by atoms with E-state index in [2.05, 4.69) is 35.7 Å². The van der Waals surface area contributed by atoms with E-state index in [4.69, 9.17) is 0 Å². The summed E-state index contributed by atoms with van der Waals surface area (Å²) in [7, 11) is -0.582. The number of carbonyl (C=O) groups is 1. The van der Waals surface area contributed by atoms with Crippen molar-refractivity contribution in [2.75, 3.05) is 0 Å². The highest BCUT2D eigenvalue weighted by atomic mass is 79.9. The van der Waals surface area contributed by atoms with E-state index in [1.807, 2.05) is 0 Å². The molecule has 0 spiro atoms. The summed E-state index contributed by atoms with van der Waals surface area (Å²) in [6, 6.07) is 0. The van der Waals surface area contributed by atoms with Crippen LogP contribution in [0.2, 0.25) is 0 Å². The molecule has 0 aliphatic carbocycles. The summed E-state index contributed by atoms with van der Waals surface area (Å²) < 4.78 is 0.653. The molecule has 50 valence electrons. The predicted octanol–water partition coefficient (Wildman–Crippen LogP) is 2.10. The maximum Gasteiger partial charge on any atom is 0.158 e. The molecule has 0 saturated heterocycles. The Hall–Kier alpha value is 0.390. The zero-order valence-electron chi connectivity index (χ0n) is 4.21. The summed E-state index contributed by atoms with van der Waals surface area (Å²) in [4.78, 5) is 14.9. The molecule has 0 aromatic heterocycles. The lowest BCUT2D eigenvalue weighted by molar-refractivity contribution is -0.104. The third-order valence-electron chi connectivity index (χ3n) is 0.826. The zero-order chi connectivity index (χ0) is 6.85. The number of thiol groups is 1. The van der Waals surface area contributed by atoms with Crippen molar-refractivity contribution in [2.24, 2.45) is 4.99 Å². The molecule has 5 heteroatoms.